The molecule has 0 bridgehead atoms. The number of carbonyl (C=O) groups excluding carboxylic acids is 1. The summed E-state index contributed by atoms with van der Waals surface area (Å²) in [6, 6.07) is 9.86. The molecule has 1 saturated carbocycles. The summed E-state index contributed by atoms with van der Waals surface area (Å²) in [5.41, 5.74) is 2.61. The maximum absolute atomic E-state index is 12.5. The number of benzene rings is 1. The van der Waals surface area contributed by atoms with Gasteiger partial charge < -0.3 is 10.4 Å². The molecule has 1 aromatic carbocycles. The third-order valence-electron chi connectivity index (χ3n) is 4.37. The second-order valence-corrected chi connectivity index (χ2v) is 6.43. The highest BCUT2D eigenvalue weighted by Crippen LogP contribution is 2.42. The van der Waals surface area contributed by atoms with Crippen molar-refractivity contribution in [3.63, 3.8) is 0 Å². The Morgan fingerprint density at radius 3 is 2.60 bits per heavy atom. The predicted octanol–water partition coefficient (Wildman–Crippen LogP) is 3.12. The summed E-state index contributed by atoms with van der Waals surface area (Å²) in [4.78, 5) is 23.0. The van der Waals surface area contributed by atoms with Crippen LogP contribution in [-0.4, -0.2) is 33.3 Å². The number of rotatable bonds is 9. The summed E-state index contributed by atoms with van der Waals surface area (Å²) in [6.45, 7) is 0.555. The van der Waals surface area contributed by atoms with Crippen LogP contribution in [0.25, 0.3) is 5.69 Å². The zero-order valence-electron chi connectivity index (χ0n) is 14.1. The summed E-state index contributed by atoms with van der Waals surface area (Å²) in [5, 5.41) is 16.0. The van der Waals surface area contributed by atoms with Crippen LogP contribution < -0.4 is 5.32 Å². The second-order valence-electron chi connectivity index (χ2n) is 6.43. The largest absolute Gasteiger partial charge is 0.481 e. The number of hydrogen-bond donors (Lipinski definition) is 2. The first-order valence-electron chi connectivity index (χ1n) is 8.80. The van der Waals surface area contributed by atoms with Gasteiger partial charge in [-0.15, -0.1) is 0 Å². The Kier molecular flexibility index (Phi) is 5.48. The van der Waals surface area contributed by atoms with Crippen LogP contribution in [0, 0.1) is 0 Å². The first kappa shape index (κ1) is 17.2. The molecule has 2 N–H and O–H groups in total. The van der Waals surface area contributed by atoms with Gasteiger partial charge in [0.2, 0.25) is 0 Å². The maximum Gasteiger partial charge on any atom is 0.303 e. The zero-order valence-corrected chi connectivity index (χ0v) is 14.1. The van der Waals surface area contributed by atoms with Crippen LogP contribution >= 0.6 is 0 Å². The van der Waals surface area contributed by atoms with Crippen LogP contribution in [0.2, 0.25) is 0 Å². The number of nitrogens with one attached hydrogen (secondary N) is 1. The molecule has 1 aliphatic rings. The SMILES string of the molecule is O=C(O)CCCCCNC(=O)c1cnn(-c2ccccc2)c1C1CC1. The molecule has 6 nitrogen and oxygen atoms in total. The van der Waals surface area contributed by atoms with Gasteiger partial charge >= 0.3 is 5.97 Å². The van der Waals surface area contributed by atoms with Gasteiger partial charge in [0.15, 0.2) is 0 Å². The van der Waals surface area contributed by atoms with Crippen molar-refractivity contribution in [2.75, 3.05) is 6.54 Å². The van der Waals surface area contributed by atoms with Crippen LogP contribution in [0.3, 0.4) is 0 Å². The molecule has 132 valence electrons. The number of aromatic nitrogens is 2. The van der Waals surface area contributed by atoms with Gasteiger partial charge in [0, 0.05) is 18.9 Å². The lowest BCUT2D eigenvalue weighted by Gasteiger charge is -2.09. The normalized spacial score (nSPS) is 13.6. The first-order valence-corrected chi connectivity index (χ1v) is 8.80. The Labute approximate surface area is 146 Å². The third-order valence-corrected chi connectivity index (χ3v) is 4.37. The lowest BCUT2D eigenvalue weighted by Crippen LogP contribution is -2.25. The molecular weight excluding hydrogens is 318 g/mol. The standard InChI is InChI=1S/C19H23N3O3/c23-17(24)9-5-2-6-12-20-19(25)16-13-21-22(18(16)14-10-11-14)15-7-3-1-4-8-15/h1,3-4,7-8,13-14H,2,5-6,9-12H2,(H,20,25)(H,23,24). The molecule has 0 aliphatic heterocycles. The lowest BCUT2D eigenvalue weighted by molar-refractivity contribution is -0.137. The number of hydrogen-bond acceptors (Lipinski definition) is 3. The summed E-state index contributed by atoms with van der Waals surface area (Å²) < 4.78 is 1.87. The van der Waals surface area contributed by atoms with Crippen molar-refractivity contribution in [1.29, 1.82) is 0 Å². The Hall–Kier alpha value is -2.63. The van der Waals surface area contributed by atoms with E-state index in [1.54, 1.807) is 6.20 Å². The van der Waals surface area contributed by atoms with Crippen molar-refractivity contribution < 1.29 is 14.7 Å². The molecule has 25 heavy (non-hydrogen) atoms. The quantitative estimate of drug-likeness (QED) is 0.686. The zero-order chi connectivity index (χ0) is 17.6. The molecule has 1 heterocycles. The molecular formula is C19H23N3O3. The Balaban J connectivity index is 1.61. The van der Waals surface area contributed by atoms with Gasteiger partial charge in [-0.1, -0.05) is 24.6 Å². The fourth-order valence-electron chi connectivity index (χ4n) is 2.93. The van der Waals surface area contributed by atoms with Gasteiger partial charge in [0.1, 0.15) is 0 Å². The van der Waals surface area contributed by atoms with E-state index in [1.807, 2.05) is 35.0 Å². The van der Waals surface area contributed by atoms with Crippen molar-refractivity contribution >= 4 is 11.9 Å². The van der Waals surface area contributed by atoms with E-state index in [9.17, 15) is 9.59 Å². The highest BCUT2D eigenvalue weighted by atomic mass is 16.4. The molecule has 1 aromatic heterocycles. The summed E-state index contributed by atoms with van der Waals surface area (Å²) >= 11 is 0. The van der Waals surface area contributed by atoms with Gasteiger partial charge in [0.05, 0.1) is 23.1 Å². The average Bonchev–Trinajstić information content (AvgIpc) is 3.36. The van der Waals surface area contributed by atoms with Gasteiger partial charge in [0.25, 0.3) is 5.91 Å². The van der Waals surface area contributed by atoms with E-state index in [0.717, 1.165) is 37.1 Å². The van der Waals surface area contributed by atoms with Crippen molar-refractivity contribution in [2.24, 2.45) is 0 Å². The van der Waals surface area contributed by atoms with Crippen LogP contribution in [0.1, 0.15) is 60.5 Å². The molecule has 6 heteroatoms. The minimum Gasteiger partial charge on any atom is -0.481 e. The second kappa shape index (κ2) is 7.96. The molecule has 1 amide bonds. The van der Waals surface area contributed by atoms with Crippen LogP contribution in [0.5, 0.6) is 0 Å². The summed E-state index contributed by atoms with van der Waals surface area (Å²) in [6.07, 6.45) is 6.24. The van der Waals surface area contributed by atoms with Crippen LogP contribution in [-0.2, 0) is 4.79 Å². The van der Waals surface area contributed by atoms with Gasteiger partial charge in [-0.3, -0.25) is 9.59 Å². The molecule has 3 rings (SSSR count). The van der Waals surface area contributed by atoms with Gasteiger partial charge in [-0.25, -0.2) is 4.68 Å². The molecule has 0 radical (unpaired) electrons. The van der Waals surface area contributed by atoms with E-state index in [-0.39, 0.29) is 12.3 Å². The number of aliphatic carboxylic acids is 1. The summed E-state index contributed by atoms with van der Waals surface area (Å²) in [7, 11) is 0. The van der Waals surface area contributed by atoms with E-state index in [1.165, 1.54) is 0 Å². The average molecular weight is 341 g/mol. The van der Waals surface area contributed by atoms with Crippen molar-refractivity contribution in [1.82, 2.24) is 15.1 Å². The van der Waals surface area contributed by atoms with E-state index in [4.69, 9.17) is 5.11 Å². The maximum atomic E-state index is 12.5. The van der Waals surface area contributed by atoms with Crippen molar-refractivity contribution in [3.05, 3.63) is 47.8 Å². The summed E-state index contributed by atoms with van der Waals surface area (Å²) in [5.74, 6) is -0.465. The molecule has 0 atom stereocenters. The highest BCUT2D eigenvalue weighted by Gasteiger charge is 2.32. The number of carboxylic acids is 1. The molecule has 1 fully saturated rings. The molecule has 0 unspecified atom stereocenters. The van der Waals surface area contributed by atoms with E-state index in [0.29, 0.717) is 24.4 Å². The first-order chi connectivity index (χ1) is 12.2. The Morgan fingerprint density at radius 1 is 1.16 bits per heavy atom. The fraction of sp³-hybridized carbons (Fsp3) is 0.421. The fourth-order valence-corrected chi connectivity index (χ4v) is 2.93. The monoisotopic (exact) mass is 341 g/mol. The minimum absolute atomic E-state index is 0.0951. The number of amides is 1. The van der Waals surface area contributed by atoms with E-state index < -0.39 is 5.97 Å². The van der Waals surface area contributed by atoms with Crippen molar-refractivity contribution in [3.8, 4) is 5.69 Å². The third kappa shape index (κ3) is 4.47. The highest BCUT2D eigenvalue weighted by molar-refractivity contribution is 5.95. The van der Waals surface area contributed by atoms with Crippen LogP contribution in [0.15, 0.2) is 36.5 Å². The van der Waals surface area contributed by atoms with Gasteiger partial charge in [-0.2, -0.15) is 5.10 Å². The van der Waals surface area contributed by atoms with Crippen molar-refractivity contribution in [2.45, 2.75) is 44.4 Å². The predicted molar refractivity (Wildman–Crippen MR) is 94.0 cm³/mol. The number of carbonyl (C=O) groups is 2. The minimum atomic E-state index is -0.772. The topological polar surface area (TPSA) is 84.2 Å². The molecule has 0 saturated heterocycles. The number of nitrogens with zero attached hydrogens (tertiary/aromatic N) is 2. The van der Waals surface area contributed by atoms with Crippen LogP contribution in [0.4, 0.5) is 0 Å². The Morgan fingerprint density at radius 2 is 1.92 bits per heavy atom. The molecule has 2 aromatic rings. The van der Waals surface area contributed by atoms with E-state index in [2.05, 4.69) is 10.4 Å². The number of carboxylic acid groups (broad SMARTS) is 1. The number of unbranched alkanes of at least 4 members (excludes halogenated alkanes) is 2. The molecule has 0 spiro atoms. The van der Waals surface area contributed by atoms with Gasteiger partial charge in [-0.05, 0) is 37.8 Å². The van der Waals surface area contributed by atoms with E-state index >= 15 is 0 Å². The smallest absolute Gasteiger partial charge is 0.303 e. The number of para-hydroxylation sites is 1. The molecule has 1 aliphatic carbocycles. The Bertz CT molecular complexity index is 736. The lowest BCUT2D eigenvalue weighted by atomic mass is 10.1.